The van der Waals surface area contributed by atoms with Gasteiger partial charge < -0.3 is 9.80 Å². The van der Waals surface area contributed by atoms with Gasteiger partial charge in [0.15, 0.2) is 0 Å². The summed E-state index contributed by atoms with van der Waals surface area (Å²) in [4.78, 5) is 5.49. The first-order valence-corrected chi connectivity index (χ1v) is 25.1. The largest absolute Gasteiger partial charge is 0.311 e. The van der Waals surface area contributed by atoms with Crippen LogP contribution in [0.5, 0.6) is 0 Å². The maximum atomic E-state index is 2.76. The second kappa shape index (κ2) is 13.4. The fourth-order valence-electron chi connectivity index (χ4n) is 13.8. The van der Waals surface area contributed by atoms with Crippen molar-refractivity contribution >= 4 is 57.2 Å². The molecule has 0 fully saturated rings. The second-order valence-electron chi connectivity index (χ2n) is 26.5. The summed E-state index contributed by atoms with van der Waals surface area (Å²) in [6, 6.07) is 39.6. The minimum Gasteiger partial charge on any atom is -0.311 e. The molecule has 0 saturated heterocycles. The summed E-state index contributed by atoms with van der Waals surface area (Å²) in [6.07, 6.45) is 3.51. The van der Waals surface area contributed by atoms with Crippen LogP contribution in [0.2, 0.25) is 0 Å². The van der Waals surface area contributed by atoms with E-state index in [1.54, 1.807) is 0 Å². The molecule has 0 spiro atoms. The van der Waals surface area contributed by atoms with Crippen molar-refractivity contribution < 1.29 is 0 Å². The van der Waals surface area contributed by atoms with Crippen LogP contribution in [-0.2, 0) is 37.9 Å². The lowest BCUT2D eigenvalue weighted by Gasteiger charge is -2.47. The Morgan fingerprint density at radius 2 is 0.955 bits per heavy atom. The highest BCUT2D eigenvalue weighted by Gasteiger charge is 2.50. The van der Waals surface area contributed by atoms with E-state index in [1.807, 2.05) is 0 Å². The van der Waals surface area contributed by atoms with Crippen molar-refractivity contribution in [2.24, 2.45) is 0 Å². The molecule has 0 saturated carbocycles. The molecule has 66 heavy (non-hydrogen) atoms. The van der Waals surface area contributed by atoms with Crippen molar-refractivity contribution in [1.82, 2.24) is 0 Å². The molecule has 2 nitrogen and oxygen atoms in total. The van der Waals surface area contributed by atoms with Gasteiger partial charge in [-0.25, -0.2) is 0 Å². The lowest BCUT2D eigenvalue weighted by atomic mass is 9.33. The van der Waals surface area contributed by atoms with Gasteiger partial charge in [-0.15, -0.1) is 0 Å². The van der Waals surface area contributed by atoms with Crippen LogP contribution in [0, 0.1) is 6.92 Å². The molecule has 3 heteroatoms. The van der Waals surface area contributed by atoms with Crippen LogP contribution in [0.25, 0.3) is 11.1 Å². The highest BCUT2D eigenvalue weighted by atomic mass is 15.2. The van der Waals surface area contributed by atoms with Crippen molar-refractivity contribution in [2.75, 3.05) is 9.80 Å². The van der Waals surface area contributed by atoms with Gasteiger partial charge in [0.1, 0.15) is 0 Å². The smallest absolute Gasteiger partial charge is 0.252 e. The van der Waals surface area contributed by atoms with Crippen LogP contribution in [0.1, 0.15) is 180 Å². The summed E-state index contributed by atoms with van der Waals surface area (Å²) in [5.74, 6) is 0. The standard InChI is InChI=1S/C63H73BN2/c1-37-29-43-45(60(10,11)28-27-59(43,8)9)34-50(37)66-51-30-38(57(2,3)4)25-26-47(51)64-48-33-44-46(62(14,15)36-61(44,12)13)35-52(48)65(53-31-39(58(5,6)7)32-54(66)56(53)64)49-24-20-22-41-40-21-18-19-23-42(40)63(16,17)55(41)49/h18-26,29-35H,27-28,36H2,1-17H3. The van der Waals surface area contributed by atoms with Crippen molar-refractivity contribution in [2.45, 2.75) is 175 Å². The summed E-state index contributed by atoms with van der Waals surface area (Å²) >= 11 is 0. The Balaban J connectivity index is 1.30. The first-order chi connectivity index (χ1) is 30.6. The molecule has 2 heterocycles. The van der Waals surface area contributed by atoms with Gasteiger partial charge >= 0.3 is 0 Å². The van der Waals surface area contributed by atoms with Crippen LogP contribution in [0.15, 0.2) is 97.1 Å². The van der Waals surface area contributed by atoms with Crippen molar-refractivity contribution in [3.8, 4) is 11.1 Å². The number of hydrogen-bond donors (Lipinski definition) is 0. The molecule has 0 bridgehead atoms. The maximum Gasteiger partial charge on any atom is 0.252 e. The van der Waals surface area contributed by atoms with Crippen LogP contribution >= 0.6 is 0 Å². The molecular formula is C63H73BN2. The third-order valence-corrected chi connectivity index (χ3v) is 17.5. The Bertz CT molecular complexity index is 3080. The zero-order chi connectivity index (χ0) is 47.2. The van der Waals surface area contributed by atoms with Gasteiger partial charge in [0.2, 0.25) is 0 Å². The summed E-state index contributed by atoms with van der Waals surface area (Å²) < 4.78 is 0. The summed E-state index contributed by atoms with van der Waals surface area (Å²) in [6.45, 7) is 41.5. The van der Waals surface area contributed by atoms with E-state index in [0.717, 1.165) is 6.42 Å². The summed E-state index contributed by atoms with van der Waals surface area (Å²) in [5.41, 5.74) is 27.8. The molecule has 338 valence electrons. The van der Waals surface area contributed by atoms with E-state index in [1.165, 1.54) is 125 Å². The Morgan fingerprint density at radius 1 is 0.439 bits per heavy atom. The molecule has 11 rings (SSSR count). The average Bonchev–Trinajstić information content (AvgIpc) is 3.57. The third kappa shape index (κ3) is 5.99. The quantitative estimate of drug-likeness (QED) is 0.160. The van der Waals surface area contributed by atoms with Gasteiger partial charge in [0.05, 0.1) is 5.69 Å². The number of nitrogens with zero attached hydrogens (tertiary/aromatic N) is 2. The summed E-state index contributed by atoms with van der Waals surface area (Å²) in [7, 11) is 0. The number of aryl methyl sites for hydroxylation is 1. The monoisotopic (exact) mass is 869 g/mol. The molecule has 0 N–H and O–H groups in total. The van der Waals surface area contributed by atoms with E-state index in [4.69, 9.17) is 0 Å². The molecule has 0 unspecified atom stereocenters. The number of benzene rings is 6. The van der Waals surface area contributed by atoms with E-state index in [2.05, 4.69) is 225 Å². The first-order valence-electron chi connectivity index (χ1n) is 25.1. The molecule has 0 aromatic heterocycles. The molecule has 3 aliphatic carbocycles. The number of anilines is 6. The van der Waals surface area contributed by atoms with E-state index in [9.17, 15) is 0 Å². The highest BCUT2D eigenvalue weighted by molar-refractivity contribution is 7.00. The highest BCUT2D eigenvalue weighted by Crippen LogP contribution is 2.58. The van der Waals surface area contributed by atoms with Gasteiger partial charge in [-0.05, 0) is 173 Å². The topological polar surface area (TPSA) is 6.48 Å². The average molecular weight is 869 g/mol. The minimum absolute atomic E-state index is 0.0217. The Morgan fingerprint density at radius 3 is 1.59 bits per heavy atom. The van der Waals surface area contributed by atoms with Crippen LogP contribution in [-0.4, -0.2) is 6.71 Å². The number of rotatable bonds is 2. The van der Waals surface area contributed by atoms with E-state index in [0.29, 0.717) is 0 Å². The van der Waals surface area contributed by atoms with Crippen molar-refractivity contribution in [1.29, 1.82) is 0 Å². The third-order valence-electron chi connectivity index (χ3n) is 17.5. The fourth-order valence-corrected chi connectivity index (χ4v) is 13.8. The molecule has 0 amide bonds. The van der Waals surface area contributed by atoms with Crippen LogP contribution in [0.4, 0.5) is 34.1 Å². The van der Waals surface area contributed by atoms with Gasteiger partial charge in [-0.2, -0.15) is 0 Å². The van der Waals surface area contributed by atoms with Crippen LogP contribution < -0.4 is 26.2 Å². The lowest BCUT2D eigenvalue weighted by molar-refractivity contribution is 0.332. The Hall–Kier alpha value is -5.02. The van der Waals surface area contributed by atoms with Gasteiger partial charge in [-0.3, -0.25) is 0 Å². The molecule has 5 aliphatic rings. The molecule has 6 aromatic rings. The van der Waals surface area contributed by atoms with E-state index in [-0.39, 0.29) is 44.6 Å². The van der Waals surface area contributed by atoms with Gasteiger partial charge in [0, 0.05) is 33.9 Å². The zero-order valence-electron chi connectivity index (χ0n) is 43.3. The predicted molar refractivity (Wildman–Crippen MR) is 286 cm³/mol. The molecule has 6 aromatic carbocycles. The van der Waals surface area contributed by atoms with Crippen molar-refractivity contribution in [3.05, 3.63) is 147 Å². The summed E-state index contributed by atoms with van der Waals surface area (Å²) in [5, 5.41) is 0. The van der Waals surface area contributed by atoms with Gasteiger partial charge in [-0.1, -0.05) is 171 Å². The van der Waals surface area contributed by atoms with E-state index < -0.39 is 0 Å². The minimum atomic E-state index is -0.192. The Kier molecular flexibility index (Phi) is 8.82. The second-order valence-corrected chi connectivity index (χ2v) is 26.5. The molecule has 0 atom stereocenters. The number of hydrogen-bond acceptors (Lipinski definition) is 2. The zero-order valence-corrected chi connectivity index (χ0v) is 43.3. The SMILES string of the molecule is Cc1cc2c(cc1N1c3cc(C(C)(C)C)ccc3B3c4cc5c(cc4N(c4cccc6c4C(C)(C)c4ccccc4-6)c4cc(C(C)(C)C)cc1c43)C(C)(C)CC5(C)C)C(C)(C)CCC2(C)C. The Labute approximate surface area is 398 Å². The first kappa shape index (κ1) is 43.5. The fraction of sp³-hybridized carbons (Fsp3) is 0.429. The van der Waals surface area contributed by atoms with Crippen molar-refractivity contribution in [3.63, 3.8) is 0 Å². The normalized spacial score (nSPS) is 19.6. The molecule has 2 aliphatic heterocycles. The molecule has 0 radical (unpaired) electrons. The van der Waals surface area contributed by atoms with Crippen LogP contribution in [0.3, 0.4) is 0 Å². The lowest BCUT2D eigenvalue weighted by Crippen LogP contribution is -2.62. The molecular weight excluding hydrogens is 796 g/mol. The van der Waals surface area contributed by atoms with Gasteiger partial charge in [0.25, 0.3) is 6.71 Å². The van der Waals surface area contributed by atoms with E-state index >= 15 is 0 Å². The predicted octanol–water partition coefficient (Wildman–Crippen LogP) is 15.3. The maximum absolute atomic E-state index is 2.76. The number of fused-ring (bicyclic) bond motifs is 9.